The SMILES string of the molecule is NC(=NO)c1cc(Cl)ccc1Oc1cc(Cl)ccc1Cl. The number of nitrogens with two attached hydrogens (primary N) is 1. The first-order valence-corrected chi connectivity index (χ1v) is 6.55. The Bertz CT molecular complexity index is 675. The lowest BCUT2D eigenvalue weighted by molar-refractivity contribution is 0.318. The first kappa shape index (κ1) is 14.8. The molecular formula is C13H9Cl3N2O2. The number of oxime groups is 1. The molecule has 2 rings (SSSR count). The van der Waals surface area contributed by atoms with E-state index in [0.717, 1.165) is 0 Å². The summed E-state index contributed by atoms with van der Waals surface area (Å²) in [6.45, 7) is 0. The monoisotopic (exact) mass is 330 g/mol. The maximum absolute atomic E-state index is 8.79. The van der Waals surface area contributed by atoms with Crippen LogP contribution in [0, 0.1) is 0 Å². The highest BCUT2D eigenvalue weighted by molar-refractivity contribution is 6.34. The molecule has 2 aromatic rings. The van der Waals surface area contributed by atoms with Gasteiger partial charge in [0.1, 0.15) is 11.5 Å². The van der Waals surface area contributed by atoms with E-state index in [1.807, 2.05) is 0 Å². The van der Waals surface area contributed by atoms with Gasteiger partial charge < -0.3 is 15.7 Å². The molecule has 0 saturated heterocycles. The van der Waals surface area contributed by atoms with Gasteiger partial charge in [0.2, 0.25) is 0 Å². The van der Waals surface area contributed by atoms with Crippen LogP contribution in [0.2, 0.25) is 15.1 Å². The number of amidine groups is 1. The molecule has 0 saturated carbocycles. The van der Waals surface area contributed by atoms with Crippen LogP contribution in [0.4, 0.5) is 0 Å². The molecule has 0 aliphatic carbocycles. The zero-order valence-electron chi connectivity index (χ0n) is 9.98. The van der Waals surface area contributed by atoms with Gasteiger partial charge in [-0.05, 0) is 30.3 Å². The van der Waals surface area contributed by atoms with Gasteiger partial charge in [-0.2, -0.15) is 0 Å². The number of halogens is 3. The standard InChI is InChI=1S/C13H9Cl3N2O2/c14-7-2-4-11(9(5-7)13(17)18-19)20-12-6-8(15)1-3-10(12)16/h1-6,19H,(H2,17,18). The highest BCUT2D eigenvalue weighted by Crippen LogP contribution is 2.34. The average molecular weight is 332 g/mol. The van der Waals surface area contributed by atoms with Gasteiger partial charge in [0.25, 0.3) is 0 Å². The van der Waals surface area contributed by atoms with Crippen molar-refractivity contribution in [3.8, 4) is 11.5 Å². The summed E-state index contributed by atoms with van der Waals surface area (Å²) >= 11 is 17.8. The van der Waals surface area contributed by atoms with Crippen LogP contribution in [-0.2, 0) is 0 Å². The molecule has 0 unspecified atom stereocenters. The number of benzene rings is 2. The van der Waals surface area contributed by atoms with Gasteiger partial charge in [0.15, 0.2) is 5.84 Å². The topological polar surface area (TPSA) is 67.8 Å². The largest absolute Gasteiger partial charge is 0.455 e. The number of ether oxygens (including phenoxy) is 1. The minimum Gasteiger partial charge on any atom is -0.455 e. The second-order valence-electron chi connectivity index (χ2n) is 3.80. The van der Waals surface area contributed by atoms with Crippen LogP contribution in [-0.4, -0.2) is 11.0 Å². The highest BCUT2D eigenvalue weighted by Gasteiger charge is 2.12. The second kappa shape index (κ2) is 6.22. The summed E-state index contributed by atoms with van der Waals surface area (Å²) in [5.41, 5.74) is 5.93. The smallest absolute Gasteiger partial charge is 0.173 e. The molecule has 3 N–H and O–H groups in total. The number of hydrogen-bond acceptors (Lipinski definition) is 3. The predicted octanol–water partition coefficient (Wildman–Crippen LogP) is 4.53. The van der Waals surface area contributed by atoms with Gasteiger partial charge >= 0.3 is 0 Å². The Morgan fingerprint density at radius 3 is 2.35 bits per heavy atom. The lowest BCUT2D eigenvalue weighted by Gasteiger charge is -2.12. The van der Waals surface area contributed by atoms with Crippen LogP contribution in [0.3, 0.4) is 0 Å². The van der Waals surface area contributed by atoms with Crippen molar-refractivity contribution in [1.82, 2.24) is 0 Å². The Balaban J connectivity index is 2.46. The number of rotatable bonds is 3. The van der Waals surface area contributed by atoms with E-state index in [4.69, 9.17) is 50.5 Å². The van der Waals surface area contributed by atoms with Crippen molar-refractivity contribution in [2.75, 3.05) is 0 Å². The second-order valence-corrected chi connectivity index (χ2v) is 5.08. The molecule has 104 valence electrons. The fourth-order valence-electron chi connectivity index (χ4n) is 1.52. The van der Waals surface area contributed by atoms with E-state index < -0.39 is 0 Å². The molecule has 0 bridgehead atoms. The molecule has 0 aliphatic rings. The average Bonchev–Trinajstić information content (AvgIpc) is 2.43. The van der Waals surface area contributed by atoms with E-state index in [1.54, 1.807) is 30.3 Å². The molecule has 0 aromatic heterocycles. The molecule has 2 aromatic carbocycles. The number of hydrogen-bond donors (Lipinski definition) is 2. The first-order valence-electron chi connectivity index (χ1n) is 5.41. The van der Waals surface area contributed by atoms with Crippen molar-refractivity contribution in [3.63, 3.8) is 0 Å². The summed E-state index contributed by atoms with van der Waals surface area (Å²) in [6, 6.07) is 9.54. The summed E-state index contributed by atoms with van der Waals surface area (Å²) in [5.74, 6) is 0.572. The molecule has 0 heterocycles. The lowest BCUT2D eigenvalue weighted by atomic mass is 10.2. The molecule has 0 radical (unpaired) electrons. The third kappa shape index (κ3) is 3.28. The third-order valence-electron chi connectivity index (χ3n) is 2.44. The van der Waals surface area contributed by atoms with Crippen molar-refractivity contribution >= 4 is 40.6 Å². The van der Waals surface area contributed by atoms with E-state index >= 15 is 0 Å². The Morgan fingerprint density at radius 2 is 1.65 bits per heavy atom. The van der Waals surface area contributed by atoms with Gasteiger partial charge in [0, 0.05) is 16.1 Å². The Kier molecular flexibility index (Phi) is 4.60. The van der Waals surface area contributed by atoms with E-state index in [-0.39, 0.29) is 5.84 Å². The van der Waals surface area contributed by atoms with Crippen LogP contribution in [0.5, 0.6) is 11.5 Å². The highest BCUT2D eigenvalue weighted by atomic mass is 35.5. The molecule has 0 spiro atoms. The van der Waals surface area contributed by atoms with Gasteiger partial charge in [-0.3, -0.25) is 0 Å². The molecule has 0 amide bonds. The van der Waals surface area contributed by atoms with Crippen molar-refractivity contribution in [3.05, 3.63) is 57.0 Å². The van der Waals surface area contributed by atoms with Gasteiger partial charge in [-0.25, -0.2) is 0 Å². The van der Waals surface area contributed by atoms with Crippen molar-refractivity contribution < 1.29 is 9.94 Å². The maximum Gasteiger partial charge on any atom is 0.173 e. The van der Waals surface area contributed by atoms with Gasteiger partial charge in [0.05, 0.1) is 10.6 Å². The van der Waals surface area contributed by atoms with Crippen LogP contribution in [0.1, 0.15) is 5.56 Å². The molecule has 7 heteroatoms. The third-order valence-corrected chi connectivity index (χ3v) is 3.22. The Morgan fingerprint density at radius 1 is 1.00 bits per heavy atom. The molecule has 20 heavy (non-hydrogen) atoms. The van der Waals surface area contributed by atoms with E-state index in [2.05, 4.69) is 5.16 Å². The molecule has 4 nitrogen and oxygen atoms in total. The fourth-order valence-corrected chi connectivity index (χ4v) is 2.01. The maximum atomic E-state index is 8.79. The van der Waals surface area contributed by atoms with Crippen LogP contribution in [0.25, 0.3) is 0 Å². The molecule has 0 fully saturated rings. The number of nitrogens with zero attached hydrogens (tertiary/aromatic N) is 1. The molecular weight excluding hydrogens is 323 g/mol. The van der Waals surface area contributed by atoms with Crippen LogP contribution >= 0.6 is 34.8 Å². The summed E-state index contributed by atoms with van der Waals surface area (Å²) in [4.78, 5) is 0. The van der Waals surface area contributed by atoms with E-state index in [9.17, 15) is 0 Å². The van der Waals surface area contributed by atoms with Crippen molar-refractivity contribution in [2.45, 2.75) is 0 Å². The lowest BCUT2D eigenvalue weighted by Crippen LogP contribution is -2.14. The summed E-state index contributed by atoms with van der Waals surface area (Å²) in [7, 11) is 0. The van der Waals surface area contributed by atoms with Crippen LogP contribution in [0.15, 0.2) is 41.6 Å². The molecule has 0 aliphatic heterocycles. The summed E-state index contributed by atoms with van der Waals surface area (Å²) in [5, 5.41) is 13.0. The van der Waals surface area contributed by atoms with E-state index in [1.165, 1.54) is 6.07 Å². The van der Waals surface area contributed by atoms with Gasteiger partial charge in [-0.15, -0.1) is 0 Å². The predicted molar refractivity (Wildman–Crippen MR) is 80.5 cm³/mol. The van der Waals surface area contributed by atoms with Crippen molar-refractivity contribution in [2.24, 2.45) is 10.9 Å². The molecule has 0 atom stereocenters. The fraction of sp³-hybridized carbons (Fsp3) is 0. The minimum absolute atomic E-state index is 0.124. The summed E-state index contributed by atoms with van der Waals surface area (Å²) in [6.07, 6.45) is 0. The van der Waals surface area contributed by atoms with Crippen molar-refractivity contribution in [1.29, 1.82) is 0 Å². The normalized spacial score (nSPS) is 11.4. The Labute approximate surface area is 130 Å². The van der Waals surface area contributed by atoms with E-state index in [0.29, 0.717) is 32.1 Å². The minimum atomic E-state index is -0.124. The van der Waals surface area contributed by atoms with Gasteiger partial charge in [-0.1, -0.05) is 40.0 Å². The summed E-state index contributed by atoms with van der Waals surface area (Å²) < 4.78 is 5.65. The zero-order valence-corrected chi connectivity index (χ0v) is 12.2. The zero-order chi connectivity index (χ0) is 14.7. The quantitative estimate of drug-likeness (QED) is 0.376. The first-order chi connectivity index (χ1) is 9.51. The Hall–Kier alpha value is -1.62. The van der Waals surface area contributed by atoms with Crippen LogP contribution < -0.4 is 10.5 Å².